The van der Waals surface area contributed by atoms with Crippen LogP contribution in [-0.2, 0) is 0 Å². The molecule has 0 aromatic heterocycles. The van der Waals surface area contributed by atoms with Crippen LogP contribution < -0.4 is 5.32 Å². The van der Waals surface area contributed by atoms with E-state index >= 15 is 0 Å². The maximum Gasteiger partial charge on any atom is 0.0235 e. The van der Waals surface area contributed by atoms with Gasteiger partial charge in [-0.25, -0.2) is 0 Å². The van der Waals surface area contributed by atoms with Crippen molar-refractivity contribution in [3.63, 3.8) is 0 Å². The lowest BCUT2D eigenvalue weighted by molar-refractivity contribution is 0.148. The molecule has 2 unspecified atom stereocenters. The second-order valence-corrected chi connectivity index (χ2v) is 7.04. The van der Waals surface area contributed by atoms with Crippen LogP contribution in [0.3, 0.4) is 0 Å². The third-order valence-electron chi connectivity index (χ3n) is 5.00. The molecule has 118 valence electrons. The fourth-order valence-electron chi connectivity index (χ4n) is 3.80. The predicted octanol–water partition coefficient (Wildman–Crippen LogP) is 2.71. The lowest BCUT2D eigenvalue weighted by atomic mass is 10.1. The second-order valence-electron chi connectivity index (χ2n) is 7.04. The molecule has 1 N–H and O–H groups in total. The summed E-state index contributed by atoms with van der Waals surface area (Å²) < 4.78 is 0. The molecule has 0 spiro atoms. The molecule has 2 aliphatic rings. The van der Waals surface area contributed by atoms with Gasteiger partial charge in [-0.2, -0.15) is 0 Å². The smallest absolute Gasteiger partial charge is 0.0235 e. The van der Waals surface area contributed by atoms with E-state index in [1.54, 1.807) is 0 Å². The minimum Gasteiger partial charge on any atom is -0.313 e. The minimum atomic E-state index is 0.606. The Morgan fingerprint density at radius 1 is 1.10 bits per heavy atom. The Labute approximate surface area is 126 Å². The Morgan fingerprint density at radius 2 is 1.85 bits per heavy atom. The maximum absolute atomic E-state index is 3.65. The van der Waals surface area contributed by atoms with Crippen molar-refractivity contribution in [3.8, 4) is 0 Å². The van der Waals surface area contributed by atoms with Gasteiger partial charge >= 0.3 is 0 Å². The lowest BCUT2D eigenvalue weighted by Gasteiger charge is -2.34. The van der Waals surface area contributed by atoms with Gasteiger partial charge in [0.2, 0.25) is 0 Å². The summed E-state index contributed by atoms with van der Waals surface area (Å²) in [5.74, 6) is 0. The SMILES string of the molecule is CCCC(CNC(C)C)N1CCC(N2CCCCC2)C1. The molecule has 0 saturated carbocycles. The van der Waals surface area contributed by atoms with E-state index in [0.29, 0.717) is 6.04 Å². The Balaban J connectivity index is 1.81. The predicted molar refractivity (Wildman–Crippen MR) is 87.2 cm³/mol. The highest BCUT2D eigenvalue weighted by molar-refractivity contribution is 4.88. The second kappa shape index (κ2) is 8.35. The Hall–Kier alpha value is -0.120. The Bertz CT molecular complexity index is 261. The van der Waals surface area contributed by atoms with Crippen LogP contribution in [0.5, 0.6) is 0 Å². The van der Waals surface area contributed by atoms with Crippen molar-refractivity contribution in [3.05, 3.63) is 0 Å². The molecule has 2 rings (SSSR count). The topological polar surface area (TPSA) is 18.5 Å². The molecule has 2 heterocycles. The summed E-state index contributed by atoms with van der Waals surface area (Å²) in [4.78, 5) is 5.53. The third kappa shape index (κ3) is 4.71. The van der Waals surface area contributed by atoms with E-state index in [2.05, 4.69) is 35.9 Å². The third-order valence-corrected chi connectivity index (χ3v) is 5.00. The van der Waals surface area contributed by atoms with Gasteiger partial charge in [-0.1, -0.05) is 33.6 Å². The highest BCUT2D eigenvalue weighted by Gasteiger charge is 2.31. The molecular weight excluding hydrogens is 246 g/mol. The first kappa shape index (κ1) is 16.3. The number of likely N-dealkylation sites (tertiary alicyclic amines) is 2. The van der Waals surface area contributed by atoms with Crippen LogP contribution in [0.4, 0.5) is 0 Å². The van der Waals surface area contributed by atoms with E-state index in [1.807, 2.05) is 0 Å². The molecule has 2 aliphatic heterocycles. The summed E-state index contributed by atoms with van der Waals surface area (Å²) in [5, 5.41) is 3.65. The van der Waals surface area contributed by atoms with Crippen LogP contribution in [0, 0.1) is 0 Å². The average molecular weight is 281 g/mol. The van der Waals surface area contributed by atoms with Crippen molar-refractivity contribution in [2.45, 2.75) is 77.4 Å². The monoisotopic (exact) mass is 281 g/mol. The molecule has 3 nitrogen and oxygen atoms in total. The van der Waals surface area contributed by atoms with Crippen LogP contribution in [-0.4, -0.2) is 60.6 Å². The van der Waals surface area contributed by atoms with Gasteiger partial charge in [-0.3, -0.25) is 9.80 Å². The molecule has 0 aromatic carbocycles. The Kier molecular flexibility index (Phi) is 6.79. The fourth-order valence-corrected chi connectivity index (χ4v) is 3.80. The van der Waals surface area contributed by atoms with Crippen molar-refractivity contribution in [2.75, 3.05) is 32.7 Å². The first-order valence-electron chi connectivity index (χ1n) is 8.92. The van der Waals surface area contributed by atoms with Gasteiger partial charge in [0.05, 0.1) is 0 Å². The highest BCUT2D eigenvalue weighted by atomic mass is 15.3. The van der Waals surface area contributed by atoms with Crippen LogP contribution in [0.15, 0.2) is 0 Å². The van der Waals surface area contributed by atoms with Gasteiger partial charge < -0.3 is 5.32 Å². The van der Waals surface area contributed by atoms with Gasteiger partial charge in [-0.15, -0.1) is 0 Å². The number of hydrogen-bond acceptors (Lipinski definition) is 3. The number of hydrogen-bond donors (Lipinski definition) is 1. The summed E-state index contributed by atoms with van der Waals surface area (Å²) in [6.07, 6.45) is 8.32. The molecule has 20 heavy (non-hydrogen) atoms. The lowest BCUT2D eigenvalue weighted by Crippen LogP contribution is -2.45. The molecule has 0 aliphatic carbocycles. The zero-order valence-electron chi connectivity index (χ0n) is 13.9. The zero-order chi connectivity index (χ0) is 14.4. The fraction of sp³-hybridized carbons (Fsp3) is 1.00. The zero-order valence-corrected chi connectivity index (χ0v) is 13.9. The standard InChI is InChI=1S/C17H35N3/c1-4-8-16(13-18-15(2)3)20-12-9-17(14-20)19-10-6-5-7-11-19/h15-18H,4-14H2,1-3H3. The molecule has 2 fully saturated rings. The van der Waals surface area contributed by atoms with Crippen molar-refractivity contribution < 1.29 is 0 Å². The van der Waals surface area contributed by atoms with Crippen LogP contribution in [0.2, 0.25) is 0 Å². The summed E-state index contributed by atoms with van der Waals surface area (Å²) in [6.45, 7) is 13.3. The van der Waals surface area contributed by atoms with Gasteiger partial charge in [-0.05, 0) is 38.8 Å². The number of rotatable bonds is 7. The summed E-state index contributed by atoms with van der Waals surface area (Å²) in [5.41, 5.74) is 0. The van der Waals surface area contributed by atoms with Gasteiger partial charge in [0.15, 0.2) is 0 Å². The molecule has 2 atom stereocenters. The average Bonchev–Trinajstić information content (AvgIpc) is 2.94. The van der Waals surface area contributed by atoms with Gasteiger partial charge in [0.25, 0.3) is 0 Å². The van der Waals surface area contributed by atoms with Crippen molar-refractivity contribution in [1.82, 2.24) is 15.1 Å². The Morgan fingerprint density at radius 3 is 2.50 bits per heavy atom. The largest absolute Gasteiger partial charge is 0.313 e. The first-order chi connectivity index (χ1) is 9.70. The molecule has 0 amide bonds. The number of piperidine rings is 1. The van der Waals surface area contributed by atoms with Gasteiger partial charge in [0.1, 0.15) is 0 Å². The van der Waals surface area contributed by atoms with Crippen molar-refractivity contribution >= 4 is 0 Å². The molecule has 0 radical (unpaired) electrons. The minimum absolute atomic E-state index is 0.606. The van der Waals surface area contributed by atoms with E-state index in [1.165, 1.54) is 64.7 Å². The van der Waals surface area contributed by atoms with E-state index in [9.17, 15) is 0 Å². The van der Waals surface area contributed by atoms with Crippen LogP contribution >= 0.6 is 0 Å². The molecule has 0 aromatic rings. The molecule has 2 saturated heterocycles. The summed E-state index contributed by atoms with van der Waals surface area (Å²) in [6, 6.07) is 2.20. The van der Waals surface area contributed by atoms with Gasteiger partial charge in [0, 0.05) is 37.8 Å². The summed E-state index contributed by atoms with van der Waals surface area (Å²) in [7, 11) is 0. The molecule has 0 bridgehead atoms. The van der Waals surface area contributed by atoms with Crippen LogP contribution in [0.25, 0.3) is 0 Å². The normalized spacial score (nSPS) is 27.3. The first-order valence-corrected chi connectivity index (χ1v) is 8.92. The quantitative estimate of drug-likeness (QED) is 0.774. The highest BCUT2D eigenvalue weighted by Crippen LogP contribution is 2.22. The van der Waals surface area contributed by atoms with E-state index in [4.69, 9.17) is 0 Å². The van der Waals surface area contributed by atoms with E-state index in [-0.39, 0.29) is 0 Å². The number of nitrogens with zero attached hydrogens (tertiary/aromatic N) is 2. The maximum atomic E-state index is 3.65. The van der Waals surface area contributed by atoms with E-state index < -0.39 is 0 Å². The summed E-state index contributed by atoms with van der Waals surface area (Å²) >= 11 is 0. The number of nitrogens with one attached hydrogen (secondary N) is 1. The van der Waals surface area contributed by atoms with Crippen LogP contribution in [0.1, 0.15) is 59.3 Å². The van der Waals surface area contributed by atoms with Crippen molar-refractivity contribution in [1.29, 1.82) is 0 Å². The molecular formula is C17H35N3. The van der Waals surface area contributed by atoms with E-state index in [0.717, 1.165) is 18.6 Å². The molecule has 3 heteroatoms. The van der Waals surface area contributed by atoms with Crippen molar-refractivity contribution in [2.24, 2.45) is 0 Å².